The number of pyridine rings is 1. The fourth-order valence-corrected chi connectivity index (χ4v) is 4.52. The number of aryl methyl sites for hydroxylation is 1. The Labute approximate surface area is 176 Å². The van der Waals surface area contributed by atoms with Crippen molar-refractivity contribution in [2.24, 2.45) is 0 Å². The molecule has 0 aliphatic heterocycles. The SMILES string of the molecule is Fc1ccc(-c2cn(CC3=C(Cl)c4ccc(-c5cccs5)nc4CC3)nn2)cc1. The van der Waals surface area contributed by atoms with Gasteiger partial charge in [-0.15, -0.1) is 16.4 Å². The maximum absolute atomic E-state index is 13.1. The predicted molar refractivity (Wildman–Crippen MR) is 114 cm³/mol. The number of rotatable bonds is 4. The number of fused-ring (bicyclic) bond motifs is 1. The van der Waals surface area contributed by atoms with Gasteiger partial charge in [0.05, 0.1) is 34.0 Å². The lowest BCUT2D eigenvalue weighted by molar-refractivity contribution is 0.623. The largest absolute Gasteiger partial charge is 0.251 e. The zero-order chi connectivity index (χ0) is 19.8. The first-order chi connectivity index (χ1) is 14.2. The van der Waals surface area contributed by atoms with Gasteiger partial charge in [-0.3, -0.25) is 4.98 Å². The average Bonchev–Trinajstić information content (AvgIpc) is 3.43. The van der Waals surface area contributed by atoms with Crippen LogP contribution >= 0.6 is 22.9 Å². The molecule has 1 aliphatic carbocycles. The van der Waals surface area contributed by atoms with Gasteiger partial charge in [0.1, 0.15) is 11.5 Å². The lowest BCUT2D eigenvalue weighted by Gasteiger charge is -2.19. The van der Waals surface area contributed by atoms with E-state index in [4.69, 9.17) is 16.6 Å². The highest BCUT2D eigenvalue weighted by atomic mass is 35.5. The molecule has 0 amide bonds. The first kappa shape index (κ1) is 18.2. The molecule has 0 N–H and O–H groups in total. The highest BCUT2D eigenvalue weighted by molar-refractivity contribution is 7.13. The van der Waals surface area contributed by atoms with E-state index in [1.807, 2.05) is 18.3 Å². The number of benzene rings is 1. The second-order valence-corrected chi connectivity index (χ2v) is 8.22. The van der Waals surface area contributed by atoms with Gasteiger partial charge in [0, 0.05) is 11.1 Å². The van der Waals surface area contributed by atoms with Crippen molar-refractivity contribution in [2.45, 2.75) is 19.4 Å². The summed E-state index contributed by atoms with van der Waals surface area (Å²) in [7, 11) is 0. The van der Waals surface area contributed by atoms with Gasteiger partial charge in [-0.1, -0.05) is 22.9 Å². The number of hydrogen-bond acceptors (Lipinski definition) is 4. The molecule has 0 saturated heterocycles. The van der Waals surface area contributed by atoms with Crippen molar-refractivity contribution in [3.05, 3.63) is 82.8 Å². The van der Waals surface area contributed by atoms with Crippen LogP contribution in [0.4, 0.5) is 4.39 Å². The van der Waals surface area contributed by atoms with Crippen LogP contribution in [0.5, 0.6) is 0 Å². The van der Waals surface area contributed by atoms with Gasteiger partial charge >= 0.3 is 0 Å². The lowest BCUT2D eigenvalue weighted by Crippen LogP contribution is -2.10. The van der Waals surface area contributed by atoms with Gasteiger partial charge in [0.25, 0.3) is 0 Å². The van der Waals surface area contributed by atoms with E-state index in [1.54, 1.807) is 28.2 Å². The van der Waals surface area contributed by atoms with Crippen molar-refractivity contribution in [2.75, 3.05) is 0 Å². The van der Waals surface area contributed by atoms with Crippen molar-refractivity contribution in [1.82, 2.24) is 20.0 Å². The Bertz CT molecular complexity index is 1200. The normalized spacial score (nSPS) is 13.6. The third-order valence-corrected chi connectivity index (χ3v) is 6.35. The molecule has 3 heterocycles. The zero-order valence-corrected chi connectivity index (χ0v) is 16.9. The Hall–Kier alpha value is -2.83. The Morgan fingerprint density at radius 2 is 1.90 bits per heavy atom. The van der Waals surface area contributed by atoms with Crippen LogP contribution in [0, 0.1) is 5.82 Å². The van der Waals surface area contributed by atoms with Crippen molar-refractivity contribution in [1.29, 1.82) is 0 Å². The predicted octanol–water partition coefficient (Wildman–Crippen LogP) is 5.80. The van der Waals surface area contributed by atoms with E-state index in [0.717, 1.165) is 50.8 Å². The van der Waals surface area contributed by atoms with E-state index < -0.39 is 0 Å². The minimum atomic E-state index is -0.269. The quantitative estimate of drug-likeness (QED) is 0.417. The number of allylic oxidation sites excluding steroid dienone is 1. The van der Waals surface area contributed by atoms with E-state index in [9.17, 15) is 4.39 Å². The number of nitrogens with zero attached hydrogens (tertiary/aromatic N) is 4. The van der Waals surface area contributed by atoms with Crippen LogP contribution in [0.1, 0.15) is 17.7 Å². The number of hydrogen-bond donors (Lipinski definition) is 0. The summed E-state index contributed by atoms with van der Waals surface area (Å²) in [5.41, 5.74) is 5.67. The highest BCUT2D eigenvalue weighted by Gasteiger charge is 2.20. The molecule has 0 fully saturated rings. The molecular weight excluding hydrogens is 407 g/mol. The monoisotopic (exact) mass is 422 g/mol. The average molecular weight is 423 g/mol. The van der Waals surface area contributed by atoms with Crippen LogP contribution in [0.3, 0.4) is 0 Å². The van der Waals surface area contributed by atoms with Gasteiger partial charge in [-0.2, -0.15) is 0 Å². The van der Waals surface area contributed by atoms with Crippen LogP contribution < -0.4 is 0 Å². The van der Waals surface area contributed by atoms with Crippen LogP contribution in [0.25, 0.3) is 26.9 Å². The highest BCUT2D eigenvalue weighted by Crippen LogP contribution is 2.36. The third-order valence-electron chi connectivity index (χ3n) is 4.99. The van der Waals surface area contributed by atoms with E-state index in [1.165, 1.54) is 12.1 Å². The summed E-state index contributed by atoms with van der Waals surface area (Å²) in [4.78, 5) is 5.99. The van der Waals surface area contributed by atoms with Gasteiger partial charge < -0.3 is 0 Å². The van der Waals surface area contributed by atoms with Crippen molar-refractivity contribution in [3.63, 3.8) is 0 Å². The molecule has 29 heavy (non-hydrogen) atoms. The minimum Gasteiger partial charge on any atom is -0.251 e. The van der Waals surface area contributed by atoms with Crippen molar-refractivity contribution in [3.8, 4) is 21.8 Å². The molecule has 3 aromatic heterocycles. The summed E-state index contributed by atoms with van der Waals surface area (Å²) in [5.74, 6) is -0.269. The summed E-state index contributed by atoms with van der Waals surface area (Å²) < 4.78 is 14.9. The molecular formula is C22H16ClFN4S. The van der Waals surface area contributed by atoms with E-state index in [2.05, 4.69) is 27.8 Å². The van der Waals surface area contributed by atoms with Gasteiger partial charge in [-0.05, 0) is 66.3 Å². The smallest absolute Gasteiger partial charge is 0.123 e. The molecule has 1 aromatic carbocycles. The Morgan fingerprint density at radius 3 is 2.69 bits per heavy atom. The summed E-state index contributed by atoms with van der Waals surface area (Å²) in [6, 6.07) is 14.4. The summed E-state index contributed by atoms with van der Waals surface area (Å²) in [5, 5.41) is 11.2. The minimum absolute atomic E-state index is 0.269. The maximum Gasteiger partial charge on any atom is 0.123 e. The first-order valence-electron chi connectivity index (χ1n) is 9.25. The van der Waals surface area contributed by atoms with Crippen LogP contribution in [0.15, 0.2) is 65.7 Å². The zero-order valence-electron chi connectivity index (χ0n) is 15.3. The molecule has 4 aromatic rings. The van der Waals surface area contributed by atoms with Gasteiger partial charge in [0.2, 0.25) is 0 Å². The van der Waals surface area contributed by atoms with Crippen LogP contribution in [-0.4, -0.2) is 20.0 Å². The fourth-order valence-electron chi connectivity index (χ4n) is 3.50. The topological polar surface area (TPSA) is 43.6 Å². The fraction of sp³-hybridized carbons (Fsp3) is 0.136. The second kappa shape index (κ2) is 7.54. The first-order valence-corrected chi connectivity index (χ1v) is 10.5. The molecule has 0 saturated carbocycles. The summed E-state index contributed by atoms with van der Waals surface area (Å²) >= 11 is 8.40. The third kappa shape index (κ3) is 3.61. The molecule has 4 nitrogen and oxygen atoms in total. The van der Waals surface area contributed by atoms with Crippen LogP contribution in [0.2, 0.25) is 0 Å². The molecule has 7 heteroatoms. The molecule has 0 radical (unpaired) electrons. The van der Waals surface area contributed by atoms with Crippen molar-refractivity contribution >= 4 is 28.0 Å². The molecule has 1 aliphatic rings. The molecule has 144 valence electrons. The Kier molecular flexibility index (Phi) is 4.73. The maximum atomic E-state index is 13.1. The second-order valence-electron chi connectivity index (χ2n) is 6.89. The summed E-state index contributed by atoms with van der Waals surface area (Å²) in [6.07, 6.45) is 3.54. The molecule has 0 spiro atoms. The van der Waals surface area contributed by atoms with E-state index in [0.29, 0.717) is 12.2 Å². The molecule has 0 atom stereocenters. The number of aromatic nitrogens is 4. The lowest BCUT2D eigenvalue weighted by atomic mass is 9.95. The van der Waals surface area contributed by atoms with Crippen molar-refractivity contribution < 1.29 is 4.39 Å². The van der Waals surface area contributed by atoms with Gasteiger partial charge in [0.15, 0.2) is 0 Å². The number of thiophene rings is 1. The standard InChI is InChI=1S/C22H16ClFN4S/c23-22-15(12-28-13-20(26-27-28)14-3-6-16(24)7-4-14)5-9-18-17(22)8-10-19(25-18)21-2-1-11-29-21/h1-4,6-8,10-11,13H,5,9,12H2. The van der Waals surface area contributed by atoms with Gasteiger partial charge in [-0.25, -0.2) is 9.07 Å². The number of halogens is 2. The summed E-state index contributed by atoms with van der Waals surface area (Å²) in [6.45, 7) is 0.569. The molecule has 5 rings (SSSR count). The van der Waals surface area contributed by atoms with E-state index >= 15 is 0 Å². The molecule has 0 bridgehead atoms. The van der Waals surface area contributed by atoms with E-state index in [-0.39, 0.29) is 5.82 Å². The molecule has 0 unspecified atom stereocenters. The van der Waals surface area contributed by atoms with Crippen LogP contribution in [-0.2, 0) is 13.0 Å². The Balaban J connectivity index is 1.40. The Morgan fingerprint density at radius 1 is 1.03 bits per heavy atom.